The molecule has 0 fully saturated rings. The Morgan fingerprint density at radius 3 is 2.79 bits per heavy atom. The Kier molecular flexibility index (Phi) is 2.38. The van der Waals surface area contributed by atoms with Crippen molar-refractivity contribution in [1.82, 2.24) is 0 Å². The Hall–Kier alpha value is -1.15. The van der Waals surface area contributed by atoms with Gasteiger partial charge in [-0.25, -0.2) is 0 Å². The van der Waals surface area contributed by atoms with Gasteiger partial charge in [0.05, 0.1) is 0 Å². The van der Waals surface area contributed by atoms with Crippen molar-refractivity contribution in [2.24, 2.45) is 5.92 Å². The summed E-state index contributed by atoms with van der Waals surface area (Å²) < 4.78 is 0. The molecule has 1 atom stereocenters. The maximum Gasteiger partial charge on any atom is 0.222 e. The van der Waals surface area contributed by atoms with Crippen LogP contribution in [-0.4, -0.2) is 11.0 Å². The zero-order valence-corrected chi connectivity index (χ0v) is 8.25. The van der Waals surface area contributed by atoms with E-state index in [-0.39, 0.29) is 18.1 Å². The number of carbonyl (C=O) groups is 2. The van der Waals surface area contributed by atoms with E-state index in [1.807, 2.05) is 18.2 Å². The third kappa shape index (κ3) is 1.58. The molecule has 2 rings (SSSR count). The summed E-state index contributed by atoms with van der Waals surface area (Å²) in [4.78, 5) is 22.4. The molecule has 1 aliphatic rings. The van der Waals surface area contributed by atoms with Crippen LogP contribution in [0.2, 0.25) is 0 Å². The number of Topliss-reactive ketones (excluding diaryl/α,β-unsaturated/α-hetero) is 1. The van der Waals surface area contributed by atoms with Crippen LogP contribution >= 0.6 is 11.6 Å². The molecule has 3 heteroatoms. The Morgan fingerprint density at radius 1 is 1.43 bits per heavy atom. The van der Waals surface area contributed by atoms with E-state index in [1.165, 1.54) is 0 Å². The highest BCUT2D eigenvalue weighted by Crippen LogP contribution is 2.28. The lowest BCUT2D eigenvalue weighted by molar-refractivity contribution is -0.112. The molecule has 1 aromatic rings. The Morgan fingerprint density at radius 2 is 2.14 bits per heavy atom. The van der Waals surface area contributed by atoms with Crippen LogP contribution in [0.15, 0.2) is 24.3 Å². The van der Waals surface area contributed by atoms with E-state index >= 15 is 0 Å². The number of fused-ring (bicyclic) bond motifs is 1. The summed E-state index contributed by atoms with van der Waals surface area (Å²) in [6, 6.07) is 7.46. The molecule has 2 nitrogen and oxygen atoms in total. The molecule has 0 bridgehead atoms. The van der Waals surface area contributed by atoms with E-state index in [9.17, 15) is 9.59 Å². The van der Waals surface area contributed by atoms with Gasteiger partial charge in [0.2, 0.25) is 5.24 Å². The lowest BCUT2D eigenvalue weighted by atomic mass is 10.0. The molecule has 0 spiro atoms. The highest BCUT2D eigenvalue weighted by molar-refractivity contribution is 6.63. The summed E-state index contributed by atoms with van der Waals surface area (Å²) in [5, 5.41) is -0.434. The van der Waals surface area contributed by atoms with Crippen LogP contribution in [0.1, 0.15) is 22.3 Å². The molecule has 72 valence electrons. The minimum Gasteiger partial charge on any atom is -0.294 e. The maximum absolute atomic E-state index is 11.7. The second kappa shape index (κ2) is 3.54. The lowest BCUT2D eigenvalue weighted by Crippen LogP contribution is -2.11. The normalized spacial score (nSPS) is 19.5. The monoisotopic (exact) mass is 208 g/mol. The van der Waals surface area contributed by atoms with Crippen LogP contribution in [0.5, 0.6) is 0 Å². The van der Waals surface area contributed by atoms with E-state index in [0.717, 1.165) is 11.1 Å². The van der Waals surface area contributed by atoms with Crippen molar-refractivity contribution in [3.63, 3.8) is 0 Å². The van der Waals surface area contributed by atoms with Crippen molar-refractivity contribution in [3.8, 4) is 0 Å². The van der Waals surface area contributed by atoms with Crippen molar-refractivity contribution in [2.45, 2.75) is 12.8 Å². The van der Waals surface area contributed by atoms with Gasteiger partial charge >= 0.3 is 0 Å². The first-order valence-corrected chi connectivity index (χ1v) is 4.86. The van der Waals surface area contributed by atoms with Gasteiger partial charge < -0.3 is 0 Å². The standard InChI is InChI=1S/C11H9ClO2/c12-10(13)6-8-5-7-3-1-2-4-9(7)11(8)14/h1-4,8H,5-6H2. The molecule has 0 aliphatic heterocycles. The second-order valence-electron chi connectivity index (χ2n) is 3.48. The predicted octanol–water partition coefficient (Wildman–Crippen LogP) is 2.20. The van der Waals surface area contributed by atoms with Gasteiger partial charge in [0, 0.05) is 17.9 Å². The average Bonchev–Trinajstić information content (AvgIpc) is 2.44. The fourth-order valence-electron chi connectivity index (χ4n) is 1.88. The van der Waals surface area contributed by atoms with Crippen LogP contribution in [0.3, 0.4) is 0 Å². The van der Waals surface area contributed by atoms with Gasteiger partial charge in [-0.3, -0.25) is 9.59 Å². The topological polar surface area (TPSA) is 34.1 Å². The zero-order chi connectivity index (χ0) is 10.1. The van der Waals surface area contributed by atoms with E-state index in [2.05, 4.69) is 0 Å². The zero-order valence-electron chi connectivity index (χ0n) is 7.50. The van der Waals surface area contributed by atoms with Gasteiger partial charge in [0.1, 0.15) is 0 Å². The van der Waals surface area contributed by atoms with Gasteiger partial charge in [-0.2, -0.15) is 0 Å². The number of hydrogen-bond acceptors (Lipinski definition) is 2. The number of ketones is 1. The van der Waals surface area contributed by atoms with Crippen molar-refractivity contribution in [1.29, 1.82) is 0 Å². The summed E-state index contributed by atoms with van der Waals surface area (Å²) in [7, 11) is 0. The summed E-state index contributed by atoms with van der Waals surface area (Å²) in [6.45, 7) is 0. The molecule has 1 aliphatic carbocycles. The maximum atomic E-state index is 11.7. The third-order valence-corrected chi connectivity index (χ3v) is 2.68. The summed E-state index contributed by atoms with van der Waals surface area (Å²) in [5.41, 5.74) is 1.77. The van der Waals surface area contributed by atoms with Crippen molar-refractivity contribution in [2.75, 3.05) is 0 Å². The largest absolute Gasteiger partial charge is 0.294 e. The molecule has 0 radical (unpaired) electrons. The predicted molar refractivity (Wildman–Crippen MR) is 53.4 cm³/mol. The van der Waals surface area contributed by atoms with E-state index in [4.69, 9.17) is 11.6 Å². The summed E-state index contributed by atoms with van der Waals surface area (Å²) in [5.74, 6) is -0.188. The van der Waals surface area contributed by atoms with Gasteiger partial charge in [-0.15, -0.1) is 0 Å². The number of rotatable bonds is 2. The van der Waals surface area contributed by atoms with Crippen LogP contribution in [-0.2, 0) is 11.2 Å². The van der Waals surface area contributed by atoms with E-state index in [0.29, 0.717) is 6.42 Å². The molecule has 14 heavy (non-hydrogen) atoms. The molecule has 0 saturated heterocycles. The van der Waals surface area contributed by atoms with Crippen molar-refractivity contribution < 1.29 is 9.59 Å². The van der Waals surface area contributed by atoms with Crippen molar-refractivity contribution >= 4 is 22.6 Å². The summed E-state index contributed by atoms with van der Waals surface area (Å²) >= 11 is 5.27. The van der Waals surface area contributed by atoms with Crippen molar-refractivity contribution in [3.05, 3.63) is 35.4 Å². The van der Waals surface area contributed by atoms with Gasteiger partial charge in [0.25, 0.3) is 0 Å². The Labute approximate surface area is 86.9 Å². The molecule has 0 amide bonds. The minimum absolute atomic E-state index is 0.0506. The molecule has 1 aromatic carbocycles. The second-order valence-corrected chi connectivity index (χ2v) is 3.90. The van der Waals surface area contributed by atoms with Gasteiger partial charge in [0.15, 0.2) is 5.78 Å². The van der Waals surface area contributed by atoms with Gasteiger partial charge in [-0.1, -0.05) is 24.3 Å². The Balaban J connectivity index is 2.26. The fraction of sp³-hybridized carbons (Fsp3) is 0.273. The Bertz CT molecular complexity index is 398. The number of halogens is 1. The minimum atomic E-state index is -0.434. The van der Waals surface area contributed by atoms with Gasteiger partial charge in [-0.05, 0) is 23.6 Å². The number of benzene rings is 1. The summed E-state index contributed by atoms with van der Waals surface area (Å²) in [6.07, 6.45) is 0.794. The molecule has 0 saturated carbocycles. The van der Waals surface area contributed by atoms with Crippen LogP contribution in [0.4, 0.5) is 0 Å². The quantitative estimate of drug-likeness (QED) is 0.699. The van der Waals surface area contributed by atoms with Crippen LogP contribution in [0.25, 0.3) is 0 Å². The van der Waals surface area contributed by atoms with E-state index < -0.39 is 5.24 Å². The highest BCUT2D eigenvalue weighted by atomic mass is 35.5. The SMILES string of the molecule is O=C(Cl)CC1Cc2ccccc2C1=O. The van der Waals surface area contributed by atoms with Crippen LogP contribution in [0, 0.1) is 5.92 Å². The molecule has 1 unspecified atom stereocenters. The third-order valence-electron chi connectivity index (χ3n) is 2.53. The average molecular weight is 209 g/mol. The molecular weight excluding hydrogens is 200 g/mol. The number of carbonyl (C=O) groups excluding carboxylic acids is 2. The number of hydrogen-bond donors (Lipinski definition) is 0. The molecular formula is C11H9ClO2. The van der Waals surface area contributed by atoms with Crippen LogP contribution < -0.4 is 0 Å². The molecule has 0 aromatic heterocycles. The van der Waals surface area contributed by atoms with E-state index in [1.54, 1.807) is 6.07 Å². The fourth-order valence-corrected chi connectivity index (χ4v) is 2.06. The first kappa shape index (κ1) is 9.41. The smallest absolute Gasteiger partial charge is 0.222 e. The highest BCUT2D eigenvalue weighted by Gasteiger charge is 2.30. The first-order chi connectivity index (χ1) is 6.68. The lowest BCUT2D eigenvalue weighted by Gasteiger charge is -2.01. The first-order valence-electron chi connectivity index (χ1n) is 4.49. The molecule has 0 N–H and O–H groups in total. The molecule has 0 heterocycles.